The average Bonchev–Trinajstić information content (AvgIpc) is 3.19. The van der Waals surface area contributed by atoms with Gasteiger partial charge in [-0.05, 0) is 37.3 Å². The first-order chi connectivity index (χ1) is 13.5. The van der Waals surface area contributed by atoms with Gasteiger partial charge in [0.25, 0.3) is 11.5 Å². The summed E-state index contributed by atoms with van der Waals surface area (Å²) in [5.74, 6) is -0.402. The Morgan fingerprint density at radius 2 is 1.86 bits per heavy atom. The summed E-state index contributed by atoms with van der Waals surface area (Å²) in [6, 6.07) is 11.7. The van der Waals surface area contributed by atoms with Crippen LogP contribution < -0.4 is 10.9 Å². The highest BCUT2D eigenvalue weighted by Gasteiger charge is 2.21. The molecule has 9 heteroatoms. The van der Waals surface area contributed by atoms with E-state index < -0.39 is 11.9 Å². The lowest BCUT2D eigenvalue weighted by Gasteiger charge is -2.10. The van der Waals surface area contributed by atoms with E-state index in [1.165, 1.54) is 24.3 Å². The van der Waals surface area contributed by atoms with Crippen LogP contribution in [0.3, 0.4) is 0 Å². The van der Waals surface area contributed by atoms with E-state index in [1.54, 1.807) is 31.2 Å². The largest absolute Gasteiger partial charge is 0.339 e. The molecular weight excluding hydrogens is 365 g/mol. The van der Waals surface area contributed by atoms with Gasteiger partial charge in [-0.1, -0.05) is 23.4 Å². The number of benzene rings is 2. The zero-order valence-electron chi connectivity index (χ0n) is 14.6. The fourth-order valence-corrected chi connectivity index (χ4v) is 2.74. The van der Waals surface area contributed by atoms with Crippen molar-refractivity contribution in [1.82, 2.24) is 25.7 Å². The molecule has 2 N–H and O–H groups in total. The van der Waals surface area contributed by atoms with Crippen molar-refractivity contribution in [2.24, 2.45) is 0 Å². The second-order valence-corrected chi connectivity index (χ2v) is 6.11. The summed E-state index contributed by atoms with van der Waals surface area (Å²) in [6.45, 7) is 1.67. The molecule has 0 radical (unpaired) electrons. The van der Waals surface area contributed by atoms with Crippen molar-refractivity contribution in [2.75, 3.05) is 0 Å². The van der Waals surface area contributed by atoms with E-state index in [0.717, 1.165) is 0 Å². The van der Waals surface area contributed by atoms with Gasteiger partial charge in [0.05, 0.1) is 5.39 Å². The average molecular weight is 379 g/mol. The van der Waals surface area contributed by atoms with Crippen molar-refractivity contribution in [3.63, 3.8) is 0 Å². The number of amides is 1. The summed E-state index contributed by atoms with van der Waals surface area (Å²) in [6.07, 6.45) is 0. The standard InChI is InChI=1S/C19H14FN5O3/c1-10(19-22-16(25-28-19)11-6-8-12(20)9-7-11)21-18(27)15-13-4-2-3-5-14(13)17(26)24-23-15/h2-10H,1H3,(H,21,27)(H,24,26). The number of aromatic nitrogens is 4. The van der Waals surface area contributed by atoms with E-state index in [9.17, 15) is 14.0 Å². The van der Waals surface area contributed by atoms with Crippen LogP contribution in [0.1, 0.15) is 29.3 Å². The molecule has 0 spiro atoms. The van der Waals surface area contributed by atoms with Gasteiger partial charge in [-0.15, -0.1) is 0 Å². The van der Waals surface area contributed by atoms with E-state index in [2.05, 4.69) is 25.7 Å². The third kappa shape index (κ3) is 3.25. The van der Waals surface area contributed by atoms with Gasteiger partial charge in [0.15, 0.2) is 5.69 Å². The number of aromatic amines is 1. The minimum atomic E-state index is -0.610. The van der Waals surface area contributed by atoms with Gasteiger partial charge in [0.2, 0.25) is 11.7 Å². The number of carbonyl (C=O) groups is 1. The monoisotopic (exact) mass is 379 g/mol. The van der Waals surface area contributed by atoms with Crippen molar-refractivity contribution in [3.8, 4) is 11.4 Å². The molecule has 0 saturated carbocycles. The highest BCUT2D eigenvalue weighted by atomic mass is 19.1. The van der Waals surface area contributed by atoms with Crippen LogP contribution in [0.15, 0.2) is 57.8 Å². The molecule has 2 aromatic heterocycles. The Morgan fingerprint density at radius 3 is 2.61 bits per heavy atom. The van der Waals surface area contributed by atoms with Gasteiger partial charge < -0.3 is 9.84 Å². The maximum atomic E-state index is 13.0. The predicted octanol–water partition coefficient (Wildman–Crippen LogP) is 2.60. The summed E-state index contributed by atoms with van der Waals surface area (Å²) in [4.78, 5) is 28.7. The predicted molar refractivity (Wildman–Crippen MR) is 97.9 cm³/mol. The highest BCUT2D eigenvalue weighted by Crippen LogP contribution is 2.20. The van der Waals surface area contributed by atoms with Crippen molar-refractivity contribution in [3.05, 3.63) is 76.3 Å². The molecule has 4 rings (SSSR count). The molecule has 1 amide bonds. The Bertz CT molecular complexity index is 1220. The maximum Gasteiger partial charge on any atom is 0.273 e. The molecule has 1 atom stereocenters. The fourth-order valence-electron chi connectivity index (χ4n) is 2.74. The van der Waals surface area contributed by atoms with Gasteiger partial charge in [0.1, 0.15) is 11.9 Å². The van der Waals surface area contributed by atoms with E-state index >= 15 is 0 Å². The molecule has 28 heavy (non-hydrogen) atoms. The molecule has 0 aliphatic heterocycles. The molecule has 0 saturated heterocycles. The van der Waals surface area contributed by atoms with Crippen LogP contribution in [0.5, 0.6) is 0 Å². The van der Waals surface area contributed by atoms with Crippen LogP contribution in [0.25, 0.3) is 22.2 Å². The zero-order chi connectivity index (χ0) is 19.7. The molecular formula is C19H14FN5O3. The van der Waals surface area contributed by atoms with E-state index in [-0.39, 0.29) is 28.8 Å². The topological polar surface area (TPSA) is 114 Å². The number of nitrogens with zero attached hydrogens (tertiary/aromatic N) is 3. The minimum absolute atomic E-state index is 0.0836. The van der Waals surface area contributed by atoms with Crippen molar-refractivity contribution in [2.45, 2.75) is 13.0 Å². The van der Waals surface area contributed by atoms with Crippen LogP contribution in [0.2, 0.25) is 0 Å². The van der Waals surface area contributed by atoms with Crippen LogP contribution in [-0.4, -0.2) is 26.2 Å². The van der Waals surface area contributed by atoms with Crippen molar-refractivity contribution in [1.29, 1.82) is 0 Å². The van der Waals surface area contributed by atoms with Crippen LogP contribution in [0, 0.1) is 5.82 Å². The Kier molecular flexibility index (Phi) is 4.40. The van der Waals surface area contributed by atoms with E-state index in [0.29, 0.717) is 16.3 Å². The van der Waals surface area contributed by atoms with Gasteiger partial charge >= 0.3 is 0 Å². The minimum Gasteiger partial charge on any atom is -0.339 e. The number of hydrogen-bond donors (Lipinski definition) is 2. The number of carbonyl (C=O) groups excluding carboxylic acids is 1. The lowest BCUT2D eigenvalue weighted by Crippen LogP contribution is -2.29. The summed E-state index contributed by atoms with van der Waals surface area (Å²) in [5.41, 5.74) is 0.296. The summed E-state index contributed by atoms with van der Waals surface area (Å²) in [7, 11) is 0. The lowest BCUT2D eigenvalue weighted by molar-refractivity contribution is 0.0928. The smallest absolute Gasteiger partial charge is 0.273 e. The Labute approximate surface area is 157 Å². The molecule has 8 nitrogen and oxygen atoms in total. The van der Waals surface area contributed by atoms with Gasteiger partial charge in [-0.2, -0.15) is 10.1 Å². The molecule has 2 heterocycles. The molecule has 0 aliphatic rings. The third-order valence-electron chi connectivity index (χ3n) is 4.17. The van der Waals surface area contributed by atoms with Crippen molar-refractivity contribution >= 4 is 16.7 Å². The van der Waals surface area contributed by atoms with Gasteiger partial charge in [-0.25, -0.2) is 9.49 Å². The normalized spacial score (nSPS) is 12.1. The first-order valence-corrected chi connectivity index (χ1v) is 8.41. The Hall–Kier alpha value is -3.88. The first kappa shape index (κ1) is 17.5. The Balaban J connectivity index is 1.57. The summed E-state index contributed by atoms with van der Waals surface area (Å²) < 4.78 is 18.2. The first-order valence-electron chi connectivity index (χ1n) is 8.41. The SMILES string of the molecule is CC(NC(=O)c1n[nH]c(=O)c2ccccc12)c1nc(-c2ccc(F)cc2)no1. The van der Waals surface area contributed by atoms with E-state index in [4.69, 9.17) is 4.52 Å². The quantitative estimate of drug-likeness (QED) is 0.563. The zero-order valence-corrected chi connectivity index (χ0v) is 14.6. The number of nitrogens with one attached hydrogen (secondary N) is 2. The second-order valence-electron chi connectivity index (χ2n) is 6.11. The van der Waals surface area contributed by atoms with Gasteiger partial charge in [0, 0.05) is 10.9 Å². The maximum absolute atomic E-state index is 13.0. The van der Waals surface area contributed by atoms with Gasteiger partial charge in [-0.3, -0.25) is 9.59 Å². The molecule has 0 aliphatic carbocycles. The third-order valence-corrected chi connectivity index (χ3v) is 4.17. The molecule has 2 aromatic carbocycles. The molecule has 1 unspecified atom stereocenters. The molecule has 0 fully saturated rings. The number of H-pyrrole nitrogens is 1. The van der Waals surface area contributed by atoms with Crippen LogP contribution in [0.4, 0.5) is 4.39 Å². The number of rotatable bonds is 4. The number of hydrogen-bond acceptors (Lipinski definition) is 6. The molecule has 4 aromatic rings. The number of fused-ring (bicyclic) bond motifs is 1. The summed E-state index contributed by atoms with van der Waals surface area (Å²) >= 11 is 0. The summed E-state index contributed by atoms with van der Waals surface area (Å²) in [5, 5.41) is 13.6. The lowest BCUT2D eigenvalue weighted by atomic mass is 10.1. The van der Waals surface area contributed by atoms with E-state index in [1.807, 2.05) is 0 Å². The Morgan fingerprint density at radius 1 is 1.14 bits per heavy atom. The van der Waals surface area contributed by atoms with Crippen molar-refractivity contribution < 1.29 is 13.7 Å². The highest BCUT2D eigenvalue weighted by molar-refractivity contribution is 6.04. The molecule has 0 bridgehead atoms. The van der Waals surface area contributed by atoms with Crippen LogP contribution in [-0.2, 0) is 0 Å². The molecule has 140 valence electrons. The number of halogens is 1. The fraction of sp³-hybridized carbons (Fsp3) is 0.105. The van der Waals surface area contributed by atoms with Crippen LogP contribution >= 0.6 is 0 Å². The second kappa shape index (κ2) is 7.03.